The smallest absolute Gasteiger partial charge is 0.240 e. The second-order valence-corrected chi connectivity index (χ2v) is 6.73. The van der Waals surface area contributed by atoms with Crippen molar-refractivity contribution in [2.75, 3.05) is 7.11 Å². The second-order valence-electron chi connectivity index (χ2n) is 4.11. The SMILES string of the molecule is COc1cc(CNS(=O)(=O)c2ccc(Br)c(F)c2)ccn1. The summed E-state index contributed by atoms with van der Waals surface area (Å²) in [6, 6.07) is 6.90. The van der Waals surface area contributed by atoms with Gasteiger partial charge in [-0.3, -0.25) is 0 Å². The van der Waals surface area contributed by atoms with Crippen LogP contribution in [0.4, 0.5) is 4.39 Å². The van der Waals surface area contributed by atoms with Gasteiger partial charge in [-0.05, 0) is 45.8 Å². The molecule has 1 N–H and O–H groups in total. The number of hydrogen-bond donors (Lipinski definition) is 1. The number of hydrogen-bond acceptors (Lipinski definition) is 4. The van der Waals surface area contributed by atoms with Crippen molar-refractivity contribution in [3.63, 3.8) is 0 Å². The van der Waals surface area contributed by atoms with Crippen LogP contribution in [0.2, 0.25) is 0 Å². The van der Waals surface area contributed by atoms with Gasteiger partial charge < -0.3 is 4.74 Å². The molecule has 0 atom stereocenters. The van der Waals surface area contributed by atoms with Crippen molar-refractivity contribution in [1.82, 2.24) is 9.71 Å². The minimum absolute atomic E-state index is 0.0545. The molecule has 0 spiro atoms. The molecule has 0 amide bonds. The van der Waals surface area contributed by atoms with Gasteiger partial charge in [-0.15, -0.1) is 0 Å². The van der Waals surface area contributed by atoms with Crippen LogP contribution in [0.5, 0.6) is 5.88 Å². The molecule has 1 heterocycles. The van der Waals surface area contributed by atoms with Crippen molar-refractivity contribution in [3.05, 3.63) is 52.4 Å². The number of rotatable bonds is 5. The van der Waals surface area contributed by atoms with Crippen molar-refractivity contribution in [2.24, 2.45) is 0 Å². The van der Waals surface area contributed by atoms with Gasteiger partial charge in [0.15, 0.2) is 0 Å². The Bertz CT molecular complexity index is 753. The monoisotopic (exact) mass is 374 g/mol. The summed E-state index contributed by atoms with van der Waals surface area (Å²) in [4.78, 5) is 3.79. The van der Waals surface area contributed by atoms with E-state index in [1.807, 2.05) is 0 Å². The first kappa shape index (κ1) is 15.9. The molecule has 21 heavy (non-hydrogen) atoms. The number of pyridine rings is 1. The Hall–Kier alpha value is -1.51. The first-order chi connectivity index (χ1) is 9.92. The molecule has 5 nitrogen and oxygen atoms in total. The second kappa shape index (κ2) is 6.50. The molecule has 0 aliphatic carbocycles. The van der Waals surface area contributed by atoms with Crippen molar-refractivity contribution >= 4 is 26.0 Å². The van der Waals surface area contributed by atoms with E-state index in [1.165, 1.54) is 25.4 Å². The van der Waals surface area contributed by atoms with Gasteiger partial charge in [0.2, 0.25) is 15.9 Å². The number of methoxy groups -OCH3 is 1. The van der Waals surface area contributed by atoms with Crippen LogP contribution >= 0.6 is 15.9 Å². The van der Waals surface area contributed by atoms with E-state index in [0.717, 1.165) is 6.07 Å². The molecule has 2 aromatic rings. The number of halogens is 2. The maximum absolute atomic E-state index is 13.4. The number of nitrogens with one attached hydrogen (secondary N) is 1. The molecular formula is C13H12BrFN2O3S. The van der Waals surface area contributed by atoms with Gasteiger partial charge >= 0.3 is 0 Å². The Morgan fingerprint density at radius 2 is 2.10 bits per heavy atom. The van der Waals surface area contributed by atoms with Crippen LogP contribution in [-0.2, 0) is 16.6 Å². The molecule has 1 aromatic carbocycles. The van der Waals surface area contributed by atoms with Gasteiger partial charge in [0, 0.05) is 18.8 Å². The standard InChI is InChI=1S/C13H12BrFN2O3S/c1-20-13-6-9(4-5-16-13)8-17-21(18,19)10-2-3-11(14)12(15)7-10/h2-7,17H,8H2,1H3. The summed E-state index contributed by atoms with van der Waals surface area (Å²) in [6.45, 7) is 0.0545. The maximum Gasteiger partial charge on any atom is 0.240 e. The highest BCUT2D eigenvalue weighted by atomic mass is 79.9. The average molecular weight is 375 g/mol. The van der Waals surface area contributed by atoms with E-state index in [0.29, 0.717) is 11.4 Å². The Balaban J connectivity index is 2.15. The summed E-state index contributed by atoms with van der Waals surface area (Å²) in [7, 11) is -2.32. The highest BCUT2D eigenvalue weighted by molar-refractivity contribution is 9.10. The van der Waals surface area contributed by atoms with Crippen LogP contribution < -0.4 is 9.46 Å². The summed E-state index contributed by atoms with van der Waals surface area (Å²) >= 11 is 2.98. The van der Waals surface area contributed by atoms with Gasteiger partial charge in [-0.2, -0.15) is 0 Å². The fourth-order valence-corrected chi connectivity index (χ4v) is 2.85. The van der Waals surface area contributed by atoms with Crippen LogP contribution in [0.1, 0.15) is 5.56 Å². The molecule has 8 heteroatoms. The van der Waals surface area contributed by atoms with Gasteiger partial charge in [-0.25, -0.2) is 22.5 Å². The van der Waals surface area contributed by atoms with E-state index in [2.05, 4.69) is 25.6 Å². The van der Waals surface area contributed by atoms with Crippen molar-refractivity contribution in [3.8, 4) is 5.88 Å². The topological polar surface area (TPSA) is 68.3 Å². The molecule has 0 aliphatic rings. The van der Waals surface area contributed by atoms with Gasteiger partial charge in [0.25, 0.3) is 0 Å². The van der Waals surface area contributed by atoms with E-state index < -0.39 is 15.8 Å². The first-order valence-electron chi connectivity index (χ1n) is 5.86. The zero-order valence-corrected chi connectivity index (χ0v) is 13.4. The molecule has 1 aromatic heterocycles. The predicted molar refractivity (Wildman–Crippen MR) is 78.9 cm³/mol. The van der Waals surface area contributed by atoms with E-state index in [1.54, 1.807) is 12.1 Å². The van der Waals surface area contributed by atoms with Crippen LogP contribution in [0, 0.1) is 5.82 Å². The molecule has 0 radical (unpaired) electrons. The van der Waals surface area contributed by atoms with Crippen LogP contribution in [0.15, 0.2) is 45.9 Å². The predicted octanol–water partition coefficient (Wildman–Crippen LogP) is 2.47. The third kappa shape index (κ3) is 3.99. The highest BCUT2D eigenvalue weighted by Crippen LogP contribution is 2.19. The fourth-order valence-electron chi connectivity index (χ4n) is 1.58. The molecule has 0 fully saturated rings. The lowest BCUT2D eigenvalue weighted by molar-refractivity contribution is 0.397. The minimum Gasteiger partial charge on any atom is -0.481 e. The zero-order valence-electron chi connectivity index (χ0n) is 11.0. The Kier molecular flexibility index (Phi) is 4.92. The summed E-state index contributed by atoms with van der Waals surface area (Å²) in [5.74, 6) is -0.246. The van der Waals surface area contributed by atoms with Crippen LogP contribution in [0.3, 0.4) is 0 Å². The summed E-state index contributed by atoms with van der Waals surface area (Å²) in [5.41, 5.74) is 0.683. The van der Waals surface area contributed by atoms with Crippen molar-refractivity contribution in [1.29, 1.82) is 0 Å². The molecule has 0 saturated carbocycles. The molecular weight excluding hydrogens is 363 g/mol. The van der Waals surface area contributed by atoms with Gasteiger partial charge in [0.05, 0.1) is 16.5 Å². The third-order valence-electron chi connectivity index (χ3n) is 2.68. The van der Waals surface area contributed by atoms with E-state index in [9.17, 15) is 12.8 Å². The Labute approximate surface area is 130 Å². The maximum atomic E-state index is 13.4. The quantitative estimate of drug-likeness (QED) is 0.872. The Morgan fingerprint density at radius 3 is 2.76 bits per heavy atom. The van der Waals surface area contributed by atoms with Gasteiger partial charge in [-0.1, -0.05) is 0 Å². The fraction of sp³-hybridized carbons (Fsp3) is 0.154. The van der Waals surface area contributed by atoms with Gasteiger partial charge in [0.1, 0.15) is 5.82 Å². The molecule has 0 aliphatic heterocycles. The minimum atomic E-state index is -3.79. The lowest BCUT2D eigenvalue weighted by Crippen LogP contribution is -2.23. The number of sulfonamides is 1. The normalized spacial score (nSPS) is 11.4. The van der Waals surface area contributed by atoms with Crippen LogP contribution in [-0.4, -0.2) is 20.5 Å². The highest BCUT2D eigenvalue weighted by Gasteiger charge is 2.15. The first-order valence-corrected chi connectivity index (χ1v) is 8.13. The van der Waals surface area contributed by atoms with E-state index in [4.69, 9.17) is 4.74 Å². The number of ether oxygens (including phenoxy) is 1. The van der Waals surface area contributed by atoms with Crippen molar-refractivity contribution < 1.29 is 17.5 Å². The largest absolute Gasteiger partial charge is 0.481 e. The van der Waals surface area contributed by atoms with Crippen LogP contribution in [0.25, 0.3) is 0 Å². The number of aromatic nitrogens is 1. The Morgan fingerprint density at radius 1 is 1.33 bits per heavy atom. The number of benzene rings is 1. The summed E-state index contributed by atoms with van der Waals surface area (Å²) < 4.78 is 45.1. The summed E-state index contributed by atoms with van der Waals surface area (Å²) in [5, 5.41) is 0. The number of nitrogens with zero attached hydrogens (tertiary/aromatic N) is 1. The molecule has 0 unspecified atom stereocenters. The average Bonchev–Trinajstić information content (AvgIpc) is 2.48. The lowest BCUT2D eigenvalue weighted by atomic mass is 10.3. The summed E-state index contributed by atoms with van der Waals surface area (Å²) in [6.07, 6.45) is 1.52. The van der Waals surface area contributed by atoms with Crippen molar-refractivity contribution in [2.45, 2.75) is 11.4 Å². The lowest BCUT2D eigenvalue weighted by Gasteiger charge is -2.08. The zero-order chi connectivity index (χ0) is 15.5. The molecule has 112 valence electrons. The molecule has 0 bridgehead atoms. The van der Waals surface area contributed by atoms with E-state index >= 15 is 0 Å². The molecule has 0 saturated heterocycles. The van der Waals surface area contributed by atoms with E-state index in [-0.39, 0.29) is 15.9 Å². The third-order valence-corrected chi connectivity index (χ3v) is 4.72. The molecule has 2 rings (SSSR count).